The summed E-state index contributed by atoms with van der Waals surface area (Å²) in [4.78, 5) is 5.87. The van der Waals surface area contributed by atoms with Crippen LogP contribution in [0.1, 0.15) is 19.3 Å². The zero-order valence-corrected chi connectivity index (χ0v) is 9.29. The van der Waals surface area contributed by atoms with Crippen LogP contribution in [0.2, 0.25) is 0 Å². The first-order valence-corrected chi connectivity index (χ1v) is 5.78. The maximum Gasteiger partial charge on any atom is 0.178 e. The van der Waals surface area contributed by atoms with Gasteiger partial charge < -0.3 is 10.3 Å². The monoisotopic (exact) mass is 240 g/mol. The first kappa shape index (κ1) is 10.7. The second kappa shape index (κ2) is 3.80. The smallest absolute Gasteiger partial charge is 0.178 e. The largest absolute Gasteiger partial charge is 0.351 e. The molecule has 0 spiro atoms. The van der Waals surface area contributed by atoms with Gasteiger partial charge >= 0.3 is 0 Å². The Morgan fingerprint density at radius 3 is 2.76 bits per heavy atom. The van der Waals surface area contributed by atoms with Crippen molar-refractivity contribution in [2.75, 3.05) is 16.9 Å². The van der Waals surface area contributed by atoms with Crippen molar-refractivity contribution in [1.82, 2.24) is 4.98 Å². The topological polar surface area (TPSA) is 54.2 Å². The van der Waals surface area contributed by atoms with E-state index in [9.17, 15) is 8.78 Å². The number of nitrogens with zero attached hydrogens (tertiary/aromatic N) is 2. The summed E-state index contributed by atoms with van der Waals surface area (Å²) in [5, 5.41) is 0. The summed E-state index contributed by atoms with van der Waals surface area (Å²) >= 11 is 0. The molecule has 4 nitrogen and oxygen atoms in total. The fourth-order valence-corrected chi connectivity index (χ4v) is 2.94. The zero-order chi connectivity index (χ0) is 12.0. The molecule has 6 heteroatoms. The summed E-state index contributed by atoms with van der Waals surface area (Å²) in [6.45, 7) is 0.810. The third kappa shape index (κ3) is 1.63. The Hall–Kier alpha value is -1.43. The van der Waals surface area contributed by atoms with Gasteiger partial charge in [-0.2, -0.15) is 0 Å². The van der Waals surface area contributed by atoms with Crippen molar-refractivity contribution in [3.63, 3.8) is 0 Å². The van der Waals surface area contributed by atoms with Crippen LogP contribution in [0.4, 0.5) is 20.4 Å². The summed E-state index contributed by atoms with van der Waals surface area (Å²) in [6, 6.07) is 1.18. The number of nitrogen functional groups attached to an aromatic ring is 1. The van der Waals surface area contributed by atoms with Crippen molar-refractivity contribution >= 4 is 11.6 Å². The number of hydrazine groups is 1. The molecule has 3 rings (SSSR count). The van der Waals surface area contributed by atoms with Crippen molar-refractivity contribution < 1.29 is 8.78 Å². The van der Waals surface area contributed by atoms with Crippen molar-refractivity contribution in [2.45, 2.75) is 25.3 Å². The van der Waals surface area contributed by atoms with Crippen LogP contribution in [0.25, 0.3) is 0 Å². The van der Waals surface area contributed by atoms with Gasteiger partial charge in [0.05, 0.1) is 0 Å². The number of nitrogens with two attached hydrogens (primary N) is 1. The Kier molecular flexibility index (Phi) is 2.39. The van der Waals surface area contributed by atoms with E-state index in [0.29, 0.717) is 12.0 Å². The van der Waals surface area contributed by atoms with E-state index in [0.717, 1.165) is 25.5 Å². The van der Waals surface area contributed by atoms with Gasteiger partial charge in [0.15, 0.2) is 23.3 Å². The lowest BCUT2D eigenvalue weighted by molar-refractivity contribution is 0.527. The first-order chi connectivity index (χ1) is 8.19. The molecule has 2 atom stereocenters. The molecule has 1 aromatic rings. The standard InChI is InChI=1S/C11H14F2N4/c12-8-4-9(13)11(15-10(8)16-14)17-5-6-1-2-7(17)3-6/h4,6-7H,1-3,5,14H2,(H,15,16). The molecule has 2 bridgehead atoms. The van der Waals surface area contributed by atoms with Crippen LogP contribution >= 0.6 is 0 Å². The SMILES string of the molecule is NNc1nc(N2CC3CCC2C3)c(F)cc1F. The molecule has 2 unspecified atom stereocenters. The predicted molar refractivity (Wildman–Crippen MR) is 60.4 cm³/mol. The maximum atomic E-state index is 13.7. The molecular formula is C11H14F2N4. The second-order valence-corrected chi connectivity index (χ2v) is 4.75. The highest BCUT2D eigenvalue weighted by atomic mass is 19.1. The number of nitrogens with one attached hydrogen (secondary N) is 1. The number of pyridine rings is 1. The van der Waals surface area contributed by atoms with Gasteiger partial charge in [-0.3, -0.25) is 0 Å². The minimum atomic E-state index is -0.766. The Labute approximate surface area is 97.8 Å². The number of hydrogen-bond donors (Lipinski definition) is 2. The van der Waals surface area contributed by atoms with Gasteiger partial charge in [-0.25, -0.2) is 19.6 Å². The van der Waals surface area contributed by atoms with Gasteiger partial charge in [0, 0.05) is 18.7 Å². The Morgan fingerprint density at radius 2 is 2.18 bits per heavy atom. The normalized spacial score (nSPS) is 26.6. The molecule has 0 radical (unpaired) electrons. The van der Waals surface area contributed by atoms with Crippen molar-refractivity contribution in [3.05, 3.63) is 17.7 Å². The van der Waals surface area contributed by atoms with E-state index in [1.54, 1.807) is 0 Å². The molecule has 17 heavy (non-hydrogen) atoms. The molecule has 3 N–H and O–H groups in total. The minimum Gasteiger partial charge on any atom is -0.351 e. The highest BCUT2D eigenvalue weighted by Gasteiger charge is 2.39. The lowest BCUT2D eigenvalue weighted by atomic mass is 10.1. The van der Waals surface area contributed by atoms with E-state index >= 15 is 0 Å². The number of anilines is 2. The summed E-state index contributed by atoms with van der Waals surface area (Å²) in [7, 11) is 0. The van der Waals surface area contributed by atoms with Crippen LogP contribution in [-0.4, -0.2) is 17.6 Å². The van der Waals surface area contributed by atoms with Crippen LogP contribution in [-0.2, 0) is 0 Å². The summed E-state index contributed by atoms with van der Waals surface area (Å²) < 4.78 is 27.0. The third-order valence-corrected chi connectivity index (χ3v) is 3.73. The maximum absolute atomic E-state index is 13.7. The first-order valence-electron chi connectivity index (χ1n) is 5.78. The van der Waals surface area contributed by atoms with Crippen molar-refractivity contribution in [3.8, 4) is 0 Å². The van der Waals surface area contributed by atoms with Crippen molar-refractivity contribution in [1.29, 1.82) is 0 Å². The Balaban J connectivity index is 1.97. The van der Waals surface area contributed by atoms with Crippen molar-refractivity contribution in [2.24, 2.45) is 11.8 Å². The Morgan fingerprint density at radius 1 is 1.35 bits per heavy atom. The number of hydrogen-bond acceptors (Lipinski definition) is 4. The number of piperidine rings is 1. The molecule has 92 valence electrons. The van der Waals surface area contributed by atoms with E-state index in [4.69, 9.17) is 5.84 Å². The van der Waals surface area contributed by atoms with Gasteiger partial charge in [-0.1, -0.05) is 0 Å². The average molecular weight is 240 g/mol. The predicted octanol–water partition coefficient (Wildman–Crippen LogP) is 1.63. The minimum absolute atomic E-state index is 0.107. The van der Waals surface area contributed by atoms with E-state index in [2.05, 4.69) is 10.4 Å². The molecule has 1 aliphatic carbocycles. The highest BCUT2D eigenvalue weighted by molar-refractivity contribution is 5.50. The number of halogens is 2. The van der Waals surface area contributed by atoms with Gasteiger partial charge in [-0.15, -0.1) is 0 Å². The number of aromatic nitrogens is 1. The van der Waals surface area contributed by atoms with E-state index in [1.165, 1.54) is 6.42 Å². The molecule has 2 fully saturated rings. The van der Waals surface area contributed by atoms with Crippen LogP contribution < -0.4 is 16.2 Å². The molecule has 1 saturated carbocycles. The molecule has 0 aromatic carbocycles. The molecule has 0 amide bonds. The fraction of sp³-hybridized carbons (Fsp3) is 0.545. The zero-order valence-electron chi connectivity index (χ0n) is 9.29. The summed E-state index contributed by atoms with van der Waals surface area (Å²) in [5.74, 6) is 4.50. The van der Waals surface area contributed by atoms with Gasteiger partial charge in [0.2, 0.25) is 0 Å². The van der Waals surface area contributed by atoms with Crippen LogP contribution in [0, 0.1) is 17.6 Å². The average Bonchev–Trinajstić information content (AvgIpc) is 2.91. The van der Waals surface area contributed by atoms with E-state index < -0.39 is 11.6 Å². The Bertz CT molecular complexity index is 451. The van der Waals surface area contributed by atoms with Crippen LogP contribution in [0.15, 0.2) is 6.07 Å². The molecule has 1 aromatic heterocycles. The van der Waals surface area contributed by atoms with Gasteiger partial charge in [-0.05, 0) is 25.2 Å². The lowest BCUT2D eigenvalue weighted by Gasteiger charge is -2.28. The highest BCUT2D eigenvalue weighted by Crippen LogP contribution is 2.40. The number of rotatable bonds is 2. The molecule has 1 saturated heterocycles. The molecular weight excluding hydrogens is 226 g/mol. The second-order valence-electron chi connectivity index (χ2n) is 4.75. The van der Waals surface area contributed by atoms with Gasteiger partial charge in [0.25, 0.3) is 0 Å². The lowest BCUT2D eigenvalue weighted by Crippen LogP contribution is -2.33. The van der Waals surface area contributed by atoms with E-state index in [-0.39, 0.29) is 11.6 Å². The summed E-state index contributed by atoms with van der Waals surface area (Å²) in [6.07, 6.45) is 3.35. The fourth-order valence-electron chi connectivity index (χ4n) is 2.94. The van der Waals surface area contributed by atoms with Gasteiger partial charge in [0.1, 0.15) is 0 Å². The van der Waals surface area contributed by atoms with Crippen LogP contribution in [0.5, 0.6) is 0 Å². The summed E-state index contributed by atoms with van der Waals surface area (Å²) in [5.41, 5.74) is 2.15. The van der Waals surface area contributed by atoms with Crippen LogP contribution in [0.3, 0.4) is 0 Å². The molecule has 1 aliphatic heterocycles. The van der Waals surface area contributed by atoms with E-state index in [1.807, 2.05) is 4.90 Å². The molecule has 2 aliphatic rings. The molecule has 2 heterocycles. The third-order valence-electron chi connectivity index (χ3n) is 3.73. The quantitative estimate of drug-likeness (QED) is 0.609. The number of fused-ring (bicyclic) bond motifs is 2.